The Labute approximate surface area is 103 Å². The zero-order valence-electron chi connectivity index (χ0n) is 10.8. The molecule has 0 aromatic rings. The van der Waals surface area contributed by atoms with Crippen molar-refractivity contribution >= 4 is 5.91 Å². The molecule has 1 heterocycles. The van der Waals surface area contributed by atoms with Gasteiger partial charge in [-0.2, -0.15) is 0 Å². The number of hydrogen-bond donors (Lipinski definition) is 1. The van der Waals surface area contributed by atoms with Gasteiger partial charge in [-0.05, 0) is 19.3 Å². The van der Waals surface area contributed by atoms with Crippen LogP contribution in [0.15, 0.2) is 0 Å². The van der Waals surface area contributed by atoms with Crippen LogP contribution in [0.3, 0.4) is 0 Å². The lowest BCUT2D eigenvalue weighted by Crippen LogP contribution is -2.46. The minimum Gasteiger partial charge on any atom is -0.380 e. The van der Waals surface area contributed by atoms with E-state index >= 15 is 0 Å². The molecule has 17 heavy (non-hydrogen) atoms. The predicted molar refractivity (Wildman–Crippen MR) is 66.6 cm³/mol. The summed E-state index contributed by atoms with van der Waals surface area (Å²) in [4.78, 5) is 14.1. The zero-order chi connectivity index (χ0) is 12.3. The summed E-state index contributed by atoms with van der Waals surface area (Å²) in [6.07, 6.45) is 7.31. The van der Waals surface area contributed by atoms with Gasteiger partial charge in [-0.3, -0.25) is 4.79 Å². The molecule has 1 unspecified atom stereocenters. The third-order valence-electron chi connectivity index (χ3n) is 4.18. The molecule has 1 saturated heterocycles. The van der Waals surface area contributed by atoms with E-state index in [1.165, 1.54) is 19.3 Å². The third-order valence-corrected chi connectivity index (χ3v) is 4.18. The first-order chi connectivity index (χ1) is 8.13. The number of amides is 1. The lowest BCUT2D eigenvalue weighted by molar-refractivity contribution is -0.132. The highest BCUT2D eigenvalue weighted by molar-refractivity contribution is 5.77. The van der Waals surface area contributed by atoms with Gasteiger partial charge in [0.25, 0.3) is 0 Å². The van der Waals surface area contributed by atoms with Crippen LogP contribution >= 0.6 is 0 Å². The average molecular weight is 240 g/mol. The second kappa shape index (κ2) is 5.36. The highest BCUT2D eigenvalue weighted by Gasteiger charge is 2.34. The number of rotatable bonds is 3. The zero-order valence-corrected chi connectivity index (χ0v) is 10.8. The van der Waals surface area contributed by atoms with Crippen molar-refractivity contribution in [1.29, 1.82) is 0 Å². The number of hydrogen-bond acceptors (Lipinski definition) is 3. The molecule has 1 aliphatic heterocycles. The highest BCUT2D eigenvalue weighted by Crippen LogP contribution is 2.29. The van der Waals surface area contributed by atoms with Crippen LogP contribution < -0.4 is 5.73 Å². The van der Waals surface area contributed by atoms with Crippen molar-refractivity contribution in [3.63, 3.8) is 0 Å². The van der Waals surface area contributed by atoms with Crippen LogP contribution in [0, 0.1) is 0 Å². The van der Waals surface area contributed by atoms with Crippen molar-refractivity contribution in [1.82, 2.24) is 4.90 Å². The fraction of sp³-hybridized carbons (Fsp3) is 0.923. The van der Waals surface area contributed by atoms with E-state index in [-0.39, 0.29) is 17.6 Å². The molecule has 0 aromatic carbocycles. The second-order valence-electron chi connectivity index (χ2n) is 5.59. The van der Waals surface area contributed by atoms with Gasteiger partial charge >= 0.3 is 0 Å². The second-order valence-corrected chi connectivity index (χ2v) is 5.59. The van der Waals surface area contributed by atoms with Gasteiger partial charge < -0.3 is 15.4 Å². The van der Waals surface area contributed by atoms with Crippen molar-refractivity contribution < 1.29 is 9.53 Å². The number of nitrogens with zero attached hydrogens (tertiary/aromatic N) is 1. The van der Waals surface area contributed by atoms with E-state index in [1.807, 2.05) is 4.90 Å². The highest BCUT2D eigenvalue weighted by atomic mass is 16.5. The Morgan fingerprint density at radius 1 is 1.41 bits per heavy atom. The maximum Gasteiger partial charge on any atom is 0.224 e. The Bertz CT molecular complexity index is 275. The van der Waals surface area contributed by atoms with E-state index < -0.39 is 0 Å². The average Bonchev–Trinajstić information content (AvgIpc) is 2.78. The summed E-state index contributed by atoms with van der Waals surface area (Å²) in [5.74, 6) is 0.217. The molecule has 4 nitrogen and oxygen atoms in total. The molecule has 1 aliphatic carbocycles. The van der Waals surface area contributed by atoms with Crippen LogP contribution in [0.25, 0.3) is 0 Å². The molecular formula is C13H24N2O2. The van der Waals surface area contributed by atoms with E-state index in [0.29, 0.717) is 6.42 Å². The van der Waals surface area contributed by atoms with Gasteiger partial charge in [0, 0.05) is 32.2 Å². The quantitative estimate of drug-likeness (QED) is 0.808. The van der Waals surface area contributed by atoms with Crippen molar-refractivity contribution in [2.45, 2.75) is 56.6 Å². The number of nitrogens with two attached hydrogens (primary N) is 1. The first kappa shape index (κ1) is 12.8. The van der Waals surface area contributed by atoms with Gasteiger partial charge in [-0.1, -0.05) is 19.3 Å². The topological polar surface area (TPSA) is 55.6 Å². The van der Waals surface area contributed by atoms with Crippen LogP contribution in [0.2, 0.25) is 0 Å². The Morgan fingerprint density at radius 2 is 2.12 bits per heavy atom. The lowest BCUT2D eigenvalue weighted by atomic mass is 9.80. The summed E-state index contributed by atoms with van der Waals surface area (Å²) in [6.45, 7) is 1.57. The summed E-state index contributed by atoms with van der Waals surface area (Å²) in [5.41, 5.74) is 6.08. The van der Waals surface area contributed by atoms with Crippen LogP contribution in [0.4, 0.5) is 0 Å². The molecule has 2 rings (SSSR count). The van der Waals surface area contributed by atoms with Gasteiger partial charge in [0.1, 0.15) is 0 Å². The molecule has 1 amide bonds. The van der Waals surface area contributed by atoms with E-state index in [2.05, 4.69) is 0 Å². The normalized spacial score (nSPS) is 28.4. The summed E-state index contributed by atoms with van der Waals surface area (Å²) in [5, 5.41) is 0. The molecule has 1 atom stereocenters. The molecule has 0 bridgehead atoms. The molecule has 0 aromatic heterocycles. The fourth-order valence-electron chi connectivity index (χ4n) is 2.99. The summed E-state index contributed by atoms with van der Waals surface area (Å²) >= 11 is 0. The summed E-state index contributed by atoms with van der Waals surface area (Å²) in [7, 11) is 1.71. The smallest absolute Gasteiger partial charge is 0.224 e. The predicted octanol–water partition coefficient (Wildman–Crippen LogP) is 1.29. The number of likely N-dealkylation sites (tertiary alicyclic amines) is 1. The van der Waals surface area contributed by atoms with Crippen LogP contribution in [-0.4, -0.2) is 42.6 Å². The first-order valence-corrected chi connectivity index (χ1v) is 6.72. The molecule has 2 fully saturated rings. The molecule has 4 heteroatoms. The van der Waals surface area contributed by atoms with Crippen LogP contribution in [0.1, 0.15) is 44.9 Å². The molecular weight excluding hydrogens is 216 g/mol. The van der Waals surface area contributed by atoms with Crippen molar-refractivity contribution in [3.05, 3.63) is 0 Å². The minimum absolute atomic E-state index is 0.217. The van der Waals surface area contributed by atoms with Gasteiger partial charge in [0.15, 0.2) is 0 Å². The monoisotopic (exact) mass is 240 g/mol. The Kier molecular flexibility index (Phi) is 4.05. The molecule has 2 N–H and O–H groups in total. The van der Waals surface area contributed by atoms with Gasteiger partial charge in [0.2, 0.25) is 5.91 Å². The molecule has 2 aliphatic rings. The molecule has 1 saturated carbocycles. The maximum absolute atomic E-state index is 12.2. The standard InChI is InChI=1S/C13H24N2O2/c1-17-11-5-8-15(10-11)12(16)9-13(14)6-3-2-4-7-13/h11H,2-10,14H2,1H3. The van der Waals surface area contributed by atoms with Crippen LogP contribution in [-0.2, 0) is 9.53 Å². The first-order valence-electron chi connectivity index (χ1n) is 6.72. The van der Waals surface area contributed by atoms with E-state index in [0.717, 1.165) is 32.4 Å². The Morgan fingerprint density at radius 3 is 2.71 bits per heavy atom. The van der Waals surface area contributed by atoms with E-state index in [4.69, 9.17) is 10.5 Å². The number of methoxy groups -OCH3 is 1. The van der Waals surface area contributed by atoms with Gasteiger partial charge in [0.05, 0.1) is 6.10 Å². The number of carbonyl (C=O) groups excluding carboxylic acids is 1. The number of carbonyl (C=O) groups is 1. The number of ether oxygens (including phenoxy) is 1. The third kappa shape index (κ3) is 3.19. The molecule has 0 radical (unpaired) electrons. The van der Waals surface area contributed by atoms with Crippen LogP contribution in [0.5, 0.6) is 0 Å². The minimum atomic E-state index is -0.236. The van der Waals surface area contributed by atoms with Crippen molar-refractivity contribution in [3.8, 4) is 0 Å². The summed E-state index contributed by atoms with van der Waals surface area (Å²) in [6, 6.07) is 0. The van der Waals surface area contributed by atoms with Gasteiger partial charge in [-0.15, -0.1) is 0 Å². The van der Waals surface area contributed by atoms with Crippen molar-refractivity contribution in [2.24, 2.45) is 5.73 Å². The fourth-order valence-corrected chi connectivity index (χ4v) is 2.99. The maximum atomic E-state index is 12.2. The Balaban J connectivity index is 1.84. The van der Waals surface area contributed by atoms with E-state index in [9.17, 15) is 4.79 Å². The summed E-state index contributed by atoms with van der Waals surface area (Å²) < 4.78 is 5.28. The molecule has 98 valence electrons. The molecule has 0 spiro atoms. The van der Waals surface area contributed by atoms with E-state index in [1.54, 1.807) is 7.11 Å². The van der Waals surface area contributed by atoms with Crippen molar-refractivity contribution in [2.75, 3.05) is 20.2 Å². The lowest BCUT2D eigenvalue weighted by Gasteiger charge is -2.34. The van der Waals surface area contributed by atoms with Gasteiger partial charge in [-0.25, -0.2) is 0 Å². The SMILES string of the molecule is COC1CCN(C(=O)CC2(N)CCCCC2)C1. The largest absolute Gasteiger partial charge is 0.380 e. The Hall–Kier alpha value is -0.610.